The minimum atomic E-state index is -0.487. The summed E-state index contributed by atoms with van der Waals surface area (Å²) in [5, 5.41) is 7.66. The lowest BCUT2D eigenvalue weighted by atomic mass is 10.1. The number of nitrogens with zero attached hydrogens (tertiary/aromatic N) is 2. The fraction of sp³-hybridized carbons (Fsp3) is 0.160. The van der Waals surface area contributed by atoms with Gasteiger partial charge in [-0.25, -0.2) is 0 Å². The second-order valence-electron chi connectivity index (χ2n) is 7.25. The number of benzene rings is 3. The van der Waals surface area contributed by atoms with Gasteiger partial charge in [0.25, 0.3) is 0 Å². The van der Waals surface area contributed by atoms with Gasteiger partial charge in [-0.1, -0.05) is 77.4 Å². The number of amides is 1. The van der Waals surface area contributed by atoms with Crippen LogP contribution in [0.1, 0.15) is 23.1 Å². The van der Waals surface area contributed by atoms with E-state index in [4.69, 9.17) is 20.9 Å². The largest absolute Gasteiger partial charge is 0.367 e. The second kappa shape index (κ2) is 10.7. The molecule has 162 valence electrons. The normalized spacial score (nSPS) is 11.8. The number of ether oxygens (including phenoxy) is 1. The molecular weight excluding hydrogens is 426 g/mol. The van der Waals surface area contributed by atoms with Gasteiger partial charge in [0.05, 0.1) is 6.61 Å². The molecule has 1 heterocycles. The van der Waals surface area contributed by atoms with Gasteiger partial charge in [-0.3, -0.25) is 4.79 Å². The Balaban J connectivity index is 1.45. The van der Waals surface area contributed by atoms with Gasteiger partial charge in [0.1, 0.15) is 12.6 Å². The molecule has 7 heteroatoms. The van der Waals surface area contributed by atoms with Crippen LogP contribution in [0.15, 0.2) is 89.5 Å². The number of hydrogen-bond donors (Lipinski definition) is 1. The van der Waals surface area contributed by atoms with E-state index in [1.54, 1.807) is 12.1 Å². The summed E-state index contributed by atoms with van der Waals surface area (Å²) in [7, 11) is 0. The van der Waals surface area contributed by atoms with E-state index in [9.17, 15) is 4.79 Å². The Morgan fingerprint density at radius 2 is 1.59 bits per heavy atom. The van der Waals surface area contributed by atoms with Crippen molar-refractivity contribution < 1.29 is 14.1 Å². The summed E-state index contributed by atoms with van der Waals surface area (Å²) in [6.07, 6.45) is 0.507. The molecule has 0 unspecified atom stereocenters. The van der Waals surface area contributed by atoms with Gasteiger partial charge >= 0.3 is 0 Å². The maximum Gasteiger partial charge on any atom is 0.249 e. The molecule has 1 atom stereocenters. The molecule has 1 aromatic heterocycles. The van der Waals surface area contributed by atoms with Crippen LogP contribution in [0.2, 0.25) is 5.02 Å². The highest BCUT2D eigenvalue weighted by Crippen LogP contribution is 2.23. The van der Waals surface area contributed by atoms with Gasteiger partial charge in [0.15, 0.2) is 0 Å². The van der Waals surface area contributed by atoms with Crippen molar-refractivity contribution in [3.63, 3.8) is 0 Å². The molecule has 6 nitrogen and oxygen atoms in total. The zero-order valence-corrected chi connectivity index (χ0v) is 18.0. The van der Waals surface area contributed by atoms with E-state index >= 15 is 0 Å². The van der Waals surface area contributed by atoms with E-state index in [1.807, 2.05) is 72.8 Å². The molecule has 0 aliphatic rings. The van der Waals surface area contributed by atoms with Crippen molar-refractivity contribution in [1.82, 2.24) is 15.5 Å². The summed E-state index contributed by atoms with van der Waals surface area (Å²) in [5.41, 5.74) is 2.82. The molecule has 0 bridgehead atoms. The first-order valence-electron chi connectivity index (χ1n) is 10.2. The predicted octanol–water partition coefficient (Wildman–Crippen LogP) is 5.01. The van der Waals surface area contributed by atoms with Gasteiger partial charge in [0, 0.05) is 17.0 Å². The Morgan fingerprint density at radius 1 is 0.938 bits per heavy atom. The van der Waals surface area contributed by atoms with Crippen LogP contribution >= 0.6 is 11.6 Å². The van der Waals surface area contributed by atoms with Gasteiger partial charge in [-0.05, 0) is 35.4 Å². The summed E-state index contributed by atoms with van der Waals surface area (Å²) in [5.74, 6) is 0.507. The zero-order chi connectivity index (χ0) is 22.2. The van der Waals surface area contributed by atoms with E-state index in [2.05, 4.69) is 15.5 Å². The number of aromatic nitrogens is 2. The van der Waals surface area contributed by atoms with Gasteiger partial charge in [0.2, 0.25) is 17.6 Å². The van der Waals surface area contributed by atoms with Crippen LogP contribution in [-0.2, 0) is 22.6 Å². The number of carbonyl (C=O) groups excluding carboxylic acids is 1. The van der Waals surface area contributed by atoms with E-state index in [-0.39, 0.29) is 12.5 Å². The third-order valence-corrected chi connectivity index (χ3v) is 5.06. The Hall–Kier alpha value is -3.48. The predicted molar refractivity (Wildman–Crippen MR) is 122 cm³/mol. The van der Waals surface area contributed by atoms with E-state index in [1.165, 1.54) is 0 Å². The highest BCUT2D eigenvalue weighted by atomic mass is 35.5. The van der Waals surface area contributed by atoms with Crippen LogP contribution in [-0.4, -0.2) is 22.7 Å². The monoisotopic (exact) mass is 447 g/mol. The average Bonchev–Trinajstić information content (AvgIpc) is 3.31. The third-order valence-electron chi connectivity index (χ3n) is 4.80. The molecule has 0 aliphatic heterocycles. The molecular formula is C25H22ClN3O3. The van der Waals surface area contributed by atoms with Gasteiger partial charge in [-0.2, -0.15) is 4.98 Å². The molecule has 0 saturated heterocycles. The number of nitrogens with one attached hydrogen (secondary N) is 1. The van der Waals surface area contributed by atoms with E-state index in [0.29, 0.717) is 29.8 Å². The number of rotatable bonds is 9. The molecule has 1 amide bonds. The molecule has 0 spiro atoms. The molecule has 32 heavy (non-hydrogen) atoms. The molecule has 3 aromatic carbocycles. The van der Waals surface area contributed by atoms with Gasteiger partial charge in [-0.15, -0.1) is 0 Å². The van der Waals surface area contributed by atoms with Crippen LogP contribution in [0.5, 0.6) is 0 Å². The Bertz CT molecular complexity index is 1130. The minimum Gasteiger partial charge on any atom is -0.367 e. The lowest BCUT2D eigenvalue weighted by Gasteiger charge is -2.15. The smallest absolute Gasteiger partial charge is 0.249 e. The highest BCUT2D eigenvalue weighted by Gasteiger charge is 2.22. The summed E-state index contributed by atoms with van der Waals surface area (Å²) in [6, 6.07) is 26.2. The lowest BCUT2D eigenvalue weighted by Crippen LogP contribution is -2.33. The van der Waals surface area contributed by atoms with Crippen LogP contribution < -0.4 is 5.32 Å². The number of carbonyl (C=O) groups is 1. The van der Waals surface area contributed by atoms with Crippen molar-refractivity contribution in [1.29, 1.82) is 0 Å². The lowest BCUT2D eigenvalue weighted by molar-refractivity contribution is -0.127. The van der Waals surface area contributed by atoms with E-state index in [0.717, 1.165) is 16.7 Å². The maximum atomic E-state index is 12.6. The zero-order valence-electron chi connectivity index (χ0n) is 17.3. The summed E-state index contributed by atoms with van der Waals surface area (Å²) >= 11 is 5.96. The fourth-order valence-electron chi connectivity index (χ4n) is 3.21. The first-order chi connectivity index (χ1) is 15.7. The summed E-state index contributed by atoms with van der Waals surface area (Å²) in [4.78, 5) is 17.1. The summed E-state index contributed by atoms with van der Waals surface area (Å²) < 4.78 is 11.1. The van der Waals surface area contributed by atoms with Crippen LogP contribution in [0.3, 0.4) is 0 Å². The Kier molecular flexibility index (Phi) is 7.27. The van der Waals surface area contributed by atoms with Crippen LogP contribution in [0, 0.1) is 0 Å². The highest BCUT2D eigenvalue weighted by molar-refractivity contribution is 6.30. The minimum absolute atomic E-state index is 0.0711. The maximum absolute atomic E-state index is 12.6. The first kappa shape index (κ1) is 21.7. The molecule has 0 fully saturated rings. The fourth-order valence-corrected chi connectivity index (χ4v) is 3.34. The van der Waals surface area contributed by atoms with Crippen molar-refractivity contribution in [2.24, 2.45) is 0 Å². The van der Waals surface area contributed by atoms with Crippen LogP contribution in [0.25, 0.3) is 11.4 Å². The Morgan fingerprint density at radius 3 is 2.28 bits per heavy atom. The van der Waals surface area contributed by atoms with E-state index < -0.39 is 6.04 Å². The van der Waals surface area contributed by atoms with Crippen molar-refractivity contribution in [2.45, 2.75) is 19.1 Å². The quantitative estimate of drug-likeness (QED) is 0.390. The summed E-state index contributed by atoms with van der Waals surface area (Å²) in [6.45, 7) is 0.289. The molecule has 0 saturated carbocycles. The number of hydrogen-bond acceptors (Lipinski definition) is 5. The second-order valence-corrected chi connectivity index (χ2v) is 7.69. The van der Waals surface area contributed by atoms with Crippen molar-refractivity contribution >= 4 is 17.5 Å². The SMILES string of the molecule is O=C(COCc1ccccc1)N[C@@H](Cc1ccccc1)c1nc(-c2ccc(Cl)cc2)no1. The van der Waals surface area contributed by atoms with Crippen molar-refractivity contribution in [3.8, 4) is 11.4 Å². The molecule has 4 aromatic rings. The standard InChI is InChI=1S/C25H22ClN3O3/c26-21-13-11-20(12-14-21)24-28-25(32-29-24)22(15-18-7-3-1-4-8-18)27-23(30)17-31-16-19-9-5-2-6-10-19/h1-14,22H,15-17H2,(H,27,30)/t22-/m0/s1. The first-order valence-corrected chi connectivity index (χ1v) is 10.6. The van der Waals surface area contributed by atoms with Gasteiger partial charge < -0.3 is 14.6 Å². The van der Waals surface area contributed by atoms with Crippen molar-refractivity contribution in [2.75, 3.05) is 6.61 Å². The molecule has 1 N–H and O–H groups in total. The van der Waals surface area contributed by atoms with Crippen molar-refractivity contribution in [3.05, 3.63) is 107 Å². The Labute approximate surface area is 191 Å². The average molecular weight is 448 g/mol. The van der Waals surface area contributed by atoms with Crippen LogP contribution in [0.4, 0.5) is 0 Å². The third kappa shape index (κ3) is 6.03. The molecule has 4 rings (SSSR count). The molecule has 0 aliphatic carbocycles. The number of halogens is 1. The topological polar surface area (TPSA) is 77.2 Å². The molecule has 0 radical (unpaired) electrons.